The number of esters is 1. The fourth-order valence-corrected chi connectivity index (χ4v) is 5.64. The van der Waals surface area contributed by atoms with Gasteiger partial charge in [-0.3, -0.25) is 9.59 Å². The van der Waals surface area contributed by atoms with E-state index in [1.807, 2.05) is 0 Å². The van der Waals surface area contributed by atoms with Crippen LogP contribution in [0.15, 0.2) is 24.3 Å². The number of piperazine rings is 1. The van der Waals surface area contributed by atoms with Crippen LogP contribution in [0.5, 0.6) is 0 Å². The van der Waals surface area contributed by atoms with Gasteiger partial charge in [0.25, 0.3) is 5.91 Å². The van der Waals surface area contributed by atoms with Gasteiger partial charge in [-0.15, -0.1) is 0 Å². The Morgan fingerprint density at radius 2 is 1.65 bits per heavy atom. The fraction of sp³-hybridized carbons (Fsp3) is 0.529. The summed E-state index contributed by atoms with van der Waals surface area (Å²) in [4.78, 5) is 26.0. The number of nitrogens with zero attached hydrogens (tertiary/aromatic N) is 2. The predicted molar refractivity (Wildman–Crippen MR) is 91.4 cm³/mol. The van der Waals surface area contributed by atoms with Crippen molar-refractivity contribution in [2.75, 3.05) is 33.3 Å². The van der Waals surface area contributed by atoms with E-state index in [2.05, 4.69) is 0 Å². The monoisotopic (exact) mass is 384 g/mol. The second-order valence-electron chi connectivity index (χ2n) is 6.54. The van der Waals surface area contributed by atoms with E-state index in [1.165, 1.54) is 40.6 Å². The van der Waals surface area contributed by atoms with Crippen molar-refractivity contribution in [3.63, 3.8) is 0 Å². The summed E-state index contributed by atoms with van der Waals surface area (Å²) in [6.45, 7) is 0.668. The van der Waals surface area contributed by atoms with Gasteiger partial charge in [-0.1, -0.05) is 0 Å². The zero-order valence-electron chi connectivity index (χ0n) is 14.5. The van der Waals surface area contributed by atoms with Crippen molar-refractivity contribution in [3.05, 3.63) is 35.6 Å². The minimum atomic E-state index is -3.85. The Balaban J connectivity index is 1.69. The van der Waals surface area contributed by atoms with E-state index in [0.717, 1.165) is 0 Å². The summed E-state index contributed by atoms with van der Waals surface area (Å²) in [6.07, 6.45) is 1.19. The van der Waals surface area contributed by atoms with Crippen LogP contribution in [-0.2, 0) is 19.6 Å². The number of carbonyl (C=O) groups excluding carboxylic acids is 2. The molecular weight excluding hydrogens is 363 g/mol. The number of hydrogen-bond donors (Lipinski definition) is 0. The normalized spacial score (nSPS) is 20.3. The van der Waals surface area contributed by atoms with Gasteiger partial charge in [0, 0.05) is 31.7 Å². The van der Waals surface area contributed by atoms with Crippen LogP contribution in [-0.4, -0.2) is 67.5 Å². The lowest BCUT2D eigenvalue weighted by Gasteiger charge is -2.43. The SMILES string of the molecule is COC(=O)C1(S(=O)(=O)N2CCN(C(=O)c3ccc(F)cc3)CC2)CCC1. The van der Waals surface area contributed by atoms with Gasteiger partial charge in [0.2, 0.25) is 10.0 Å². The Hall–Kier alpha value is -2.00. The molecule has 1 saturated heterocycles. The molecule has 0 radical (unpaired) electrons. The molecule has 2 fully saturated rings. The van der Waals surface area contributed by atoms with Crippen LogP contribution < -0.4 is 0 Å². The number of rotatable bonds is 4. The number of methoxy groups -OCH3 is 1. The van der Waals surface area contributed by atoms with E-state index in [-0.39, 0.29) is 44.9 Å². The Morgan fingerprint density at radius 1 is 1.08 bits per heavy atom. The van der Waals surface area contributed by atoms with E-state index >= 15 is 0 Å². The quantitative estimate of drug-likeness (QED) is 0.724. The molecule has 3 rings (SSSR count). The number of hydrogen-bond acceptors (Lipinski definition) is 5. The topological polar surface area (TPSA) is 84.0 Å². The van der Waals surface area contributed by atoms with Crippen LogP contribution >= 0.6 is 0 Å². The number of carbonyl (C=O) groups is 2. The Labute approximate surface area is 151 Å². The highest BCUT2D eigenvalue weighted by atomic mass is 32.2. The van der Waals surface area contributed by atoms with Crippen molar-refractivity contribution in [2.45, 2.75) is 24.0 Å². The first-order chi connectivity index (χ1) is 12.3. The molecule has 2 aliphatic rings. The first-order valence-electron chi connectivity index (χ1n) is 8.45. The third-order valence-corrected chi connectivity index (χ3v) is 7.78. The van der Waals surface area contributed by atoms with Crippen molar-refractivity contribution in [2.24, 2.45) is 0 Å². The molecule has 0 bridgehead atoms. The summed E-state index contributed by atoms with van der Waals surface area (Å²) in [6, 6.07) is 5.23. The maximum absolute atomic E-state index is 13.0. The molecule has 0 N–H and O–H groups in total. The summed E-state index contributed by atoms with van der Waals surface area (Å²) >= 11 is 0. The third-order valence-electron chi connectivity index (χ3n) is 5.17. The maximum Gasteiger partial charge on any atom is 0.328 e. The van der Waals surface area contributed by atoms with Gasteiger partial charge >= 0.3 is 5.97 Å². The summed E-state index contributed by atoms with van der Waals surface area (Å²) in [5, 5.41) is 0. The number of halogens is 1. The fourth-order valence-electron chi connectivity index (χ4n) is 3.40. The molecule has 1 aliphatic heterocycles. The Morgan fingerprint density at radius 3 is 2.12 bits per heavy atom. The van der Waals surface area contributed by atoms with Crippen molar-refractivity contribution in [1.82, 2.24) is 9.21 Å². The van der Waals surface area contributed by atoms with E-state index in [1.54, 1.807) is 0 Å². The molecule has 1 saturated carbocycles. The zero-order chi connectivity index (χ0) is 18.9. The summed E-state index contributed by atoms with van der Waals surface area (Å²) < 4.78 is 43.4. The second-order valence-corrected chi connectivity index (χ2v) is 8.79. The number of amides is 1. The molecular formula is C17H21FN2O5S. The number of sulfonamides is 1. The minimum absolute atomic E-state index is 0.119. The molecule has 0 spiro atoms. The van der Waals surface area contributed by atoms with Crippen LogP contribution in [0.25, 0.3) is 0 Å². The van der Waals surface area contributed by atoms with E-state index in [4.69, 9.17) is 4.74 Å². The highest BCUT2D eigenvalue weighted by Gasteiger charge is 2.58. The van der Waals surface area contributed by atoms with Gasteiger partial charge in [0.15, 0.2) is 4.75 Å². The van der Waals surface area contributed by atoms with Crippen LogP contribution in [0.1, 0.15) is 29.6 Å². The van der Waals surface area contributed by atoms with E-state index in [9.17, 15) is 22.4 Å². The van der Waals surface area contributed by atoms with E-state index in [0.29, 0.717) is 12.0 Å². The number of ether oxygens (including phenoxy) is 1. The highest BCUT2D eigenvalue weighted by molar-refractivity contribution is 7.91. The lowest BCUT2D eigenvalue weighted by molar-refractivity contribution is -0.146. The van der Waals surface area contributed by atoms with Crippen LogP contribution in [0, 0.1) is 5.82 Å². The van der Waals surface area contributed by atoms with Gasteiger partial charge in [-0.05, 0) is 43.5 Å². The molecule has 0 unspecified atom stereocenters. The molecule has 0 aromatic heterocycles. The smallest absolute Gasteiger partial charge is 0.328 e. The van der Waals surface area contributed by atoms with Crippen molar-refractivity contribution < 1.29 is 27.1 Å². The summed E-state index contributed by atoms with van der Waals surface area (Å²) in [7, 11) is -2.65. The van der Waals surface area contributed by atoms with Gasteiger partial charge in [-0.2, -0.15) is 4.31 Å². The average Bonchev–Trinajstić information content (AvgIpc) is 2.60. The standard InChI is InChI=1S/C17H21FN2O5S/c1-25-16(22)17(7-2-8-17)26(23,24)20-11-9-19(10-12-20)15(21)13-3-5-14(18)6-4-13/h3-6H,2,7-12H2,1H3. The average molecular weight is 384 g/mol. The van der Waals surface area contributed by atoms with Crippen LogP contribution in [0.2, 0.25) is 0 Å². The molecule has 7 nitrogen and oxygen atoms in total. The van der Waals surface area contributed by atoms with Gasteiger partial charge in [0.1, 0.15) is 5.82 Å². The molecule has 0 atom stereocenters. The first kappa shape index (κ1) is 18.8. The molecule has 1 aliphatic carbocycles. The van der Waals surface area contributed by atoms with E-state index < -0.39 is 26.6 Å². The van der Waals surface area contributed by atoms with Gasteiger partial charge < -0.3 is 9.64 Å². The van der Waals surface area contributed by atoms with Crippen LogP contribution in [0.4, 0.5) is 4.39 Å². The largest absolute Gasteiger partial charge is 0.468 e. The van der Waals surface area contributed by atoms with Crippen molar-refractivity contribution in [3.8, 4) is 0 Å². The molecule has 1 aromatic carbocycles. The summed E-state index contributed by atoms with van der Waals surface area (Å²) in [5.41, 5.74) is 0.354. The van der Waals surface area contributed by atoms with Crippen LogP contribution in [0.3, 0.4) is 0 Å². The Kier molecular flexibility index (Phi) is 5.03. The first-order valence-corrected chi connectivity index (χ1v) is 9.89. The lowest BCUT2D eigenvalue weighted by atomic mass is 9.84. The van der Waals surface area contributed by atoms with Gasteiger partial charge in [-0.25, -0.2) is 12.8 Å². The molecule has 1 aromatic rings. The number of benzene rings is 1. The summed E-state index contributed by atoms with van der Waals surface area (Å²) in [5.74, 6) is -1.41. The molecule has 142 valence electrons. The molecule has 1 amide bonds. The minimum Gasteiger partial charge on any atom is -0.468 e. The predicted octanol–water partition coefficient (Wildman–Crippen LogP) is 1.01. The molecule has 1 heterocycles. The zero-order valence-corrected chi connectivity index (χ0v) is 15.3. The molecule has 9 heteroatoms. The maximum atomic E-state index is 13.0. The van der Waals surface area contributed by atoms with Crippen molar-refractivity contribution >= 4 is 21.9 Å². The Bertz CT molecular complexity index is 797. The van der Waals surface area contributed by atoms with Gasteiger partial charge in [0.05, 0.1) is 7.11 Å². The lowest BCUT2D eigenvalue weighted by Crippen LogP contribution is -2.61. The highest BCUT2D eigenvalue weighted by Crippen LogP contribution is 2.42. The third kappa shape index (κ3) is 2.99. The second kappa shape index (κ2) is 6.96. The molecule has 26 heavy (non-hydrogen) atoms. The van der Waals surface area contributed by atoms with Crippen molar-refractivity contribution in [1.29, 1.82) is 0 Å².